The molecule has 2 rings (SSSR count). The fraction of sp³-hybridized carbons (Fsp3) is 0.333. The van der Waals surface area contributed by atoms with E-state index in [-0.39, 0.29) is 24.1 Å². The molecule has 0 fully saturated rings. The molecule has 0 saturated heterocycles. The number of hydrogen-bond acceptors (Lipinski definition) is 3. The molecule has 0 aliphatic heterocycles. The van der Waals surface area contributed by atoms with Crippen LogP contribution in [0.3, 0.4) is 0 Å². The molecule has 0 aliphatic rings. The van der Waals surface area contributed by atoms with E-state index in [0.717, 1.165) is 18.4 Å². The van der Waals surface area contributed by atoms with Crippen LogP contribution >= 0.6 is 0 Å². The minimum absolute atomic E-state index is 0.0168. The minimum Gasteiger partial charge on any atom is -0.481 e. The molecule has 2 aromatic rings. The van der Waals surface area contributed by atoms with E-state index in [9.17, 15) is 9.59 Å². The predicted octanol–water partition coefficient (Wildman–Crippen LogP) is 2.97. The molecule has 122 valence electrons. The lowest BCUT2D eigenvalue weighted by molar-refractivity contribution is -0.136. The fourth-order valence-electron chi connectivity index (χ4n) is 2.52. The van der Waals surface area contributed by atoms with E-state index in [2.05, 4.69) is 5.32 Å². The number of benzene rings is 1. The van der Waals surface area contributed by atoms with E-state index < -0.39 is 5.97 Å². The molecule has 0 saturated carbocycles. The van der Waals surface area contributed by atoms with Gasteiger partial charge in [-0.15, -0.1) is 0 Å². The summed E-state index contributed by atoms with van der Waals surface area (Å²) in [4.78, 5) is 23.4. The number of carboxylic acids is 1. The molecule has 1 amide bonds. The lowest BCUT2D eigenvalue weighted by atomic mass is 10.0. The van der Waals surface area contributed by atoms with Crippen molar-refractivity contribution in [3.63, 3.8) is 0 Å². The lowest BCUT2D eigenvalue weighted by Crippen LogP contribution is -2.36. The summed E-state index contributed by atoms with van der Waals surface area (Å²) < 4.78 is 5.22. The van der Waals surface area contributed by atoms with E-state index in [1.165, 1.54) is 6.26 Å². The first-order valence-corrected chi connectivity index (χ1v) is 7.64. The second-order valence-corrected chi connectivity index (χ2v) is 5.56. The van der Waals surface area contributed by atoms with E-state index in [1.54, 1.807) is 6.92 Å². The van der Waals surface area contributed by atoms with Crippen molar-refractivity contribution >= 4 is 11.9 Å². The molecule has 0 bridgehead atoms. The van der Waals surface area contributed by atoms with Crippen LogP contribution in [0, 0.1) is 6.92 Å². The van der Waals surface area contributed by atoms with Crippen LogP contribution < -0.4 is 5.32 Å². The summed E-state index contributed by atoms with van der Waals surface area (Å²) in [5.74, 6) is -1.11. The number of furan rings is 1. The zero-order valence-corrected chi connectivity index (χ0v) is 13.3. The van der Waals surface area contributed by atoms with E-state index in [0.29, 0.717) is 11.1 Å². The van der Waals surface area contributed by atoms with Crippen LogP contribution in [0.25, 0.3) is 0 Å². The Hall–Kier alpha value is -2.56. The number of hydrogen-bond donors (Lipinski definition) is 2. The number of aliphatic carboxylic acids is 1. The summed E-state index contributed by atoms with van der Waals surface area (Å²) in [6.07, 6.45) is 2.64. The van der Waals surface area contributed by atoms with Gasteiger partial charge in [0.1, 0.15) is 12.2 Å². The van der Waals surface area contributed by atoms with Gasteiger partial charge in [-0.1, -0.05) is 37.3 Å². The highest BCUT2D eigenvalue weighted by molar-refractivity contribution is 5.97. The summed E-state index contributed by atoms with van der Waals surface area (Å²) in [6, 6.07) is 9.92. The fourth-order valence-corrected chi connectivity index (χ4v) is 2.52. The predicted molar refractivity (Wildman–Crippen MR) is 86.5 cm³/mol. The molecule has 5 heteroatoms. The van der Waals surface area contributed by atoms with Crippen molar-refractivity contribution in [2.24, 2.45) is 0 Å². The van der Waals surface area contributed by atoms with Crippen LogP contribution in [-0.4, -0.2) is 23.0 Å². The van der Waals surface area contributed by atoms with Gasteiger partial charge < -0.3 is 14.8 Å². The molecule has 1 aromatic heterocycles. The molecular weight excluding hydrogens is 294 g/mol. The molecule has 1 atom stereocenters. The van der Waals surface area contributed by atoms with Crippen molar-refractivity contribution in [3.8, 4) is 0 Å². The number of aryl methyl sites for hydroxylation is 1. The average molecular weight is 315 g/mol. The molecule has 1 unspecified atom stereocenters. The molecule has 5 nitrogen and oxygen atoms in total. The first-order chi connectivity index (χ1) is 11.0. The standard InChI is InChI=1S/C18H21NO4/c1-3-14(9-13-7-5-4-6-8-13)19-18(22)17-12(2)11-23-15(17)10-16(20)21/h4-8,11,14H,3,9-10H2,1-2H3,(H,19,22)(H,20,21). The monoisotopic (exact) mass is 315 g/mol. The Balaban J connectivity index is 2.11. The van der Waals surface area contributed by atoms with Crippen molar-refractivity contribution < 1.29 is 19.1 Å². The van der Waals surface area contributed by atoms with Crippen LogP contribution in [0.5, 0.6) is 0 Å². The zero-order valence-electron chi connectivity index (χ0n) is 13.3. The normalized spacial score (nSPS) is 11.9. The largest absolute Gasteiger partial charge is 0.481 e. The SMILES string of the molecule is CCC(Cc1ccccc1)NC(=O)c1c(C)coc1CC(=O)O. The highest BCUT2D eigenvalue weighted by Gasteiger charge is 2.22. The van der Waals surface area contributed by atoms with Crippen LogP contribution in [0.4, 0.5) is 0 Å². The summed E-state index contributed by atoms with van der Waals surface area (Å²) in [6.45, 7) is 3.75. The van der Waals surface area contributed by atoms with Crippen molar-refractivity contribution in [3.05, 3.63) is 59.0 Å². The van der Waals surface area contributed by atoms with Gasteiger partial charge in [-0.25, -0.2) is 0 Å². The topological polar surface area (TPSA) is 79.5 Å². The maximum Gasteiger partial charge on any atom is 0.311 e. The molecule has 0 spiro atoms. The zero-order chi connectivity index (χ0) is 16.8. The molecule has 1 heterocycles. The second-order valence-electron chi connectivity index (χ2n) is 5.56. The average Bonchev–Trinajstić information content (AvgIpc) is 2.87. The van der Waals surface area contributed by atoms with Crippen LogP contribution in [-0.2, 0) is 17.6 Å². The molecule has 0 radical (unpaired) electrons. The quantitative estimate of drug-likeness (QED) is 0.823. The Morgan fingerprint density at radius 3 is 2.57 bits per heavy atom. The summed E-state index contributed by atoms with van der Waals surface area (Å²) in [7, 11) is 0. The van der Waals surface area contributed by atoms with Crippen molar-refractivity contribution in [2.75, 3.05) is 0 Å². The lowest BCUT2D eigenvalue weighted by Gasteiger charge is -2.17. The number of nitrogens with one attached hydrogen (secondary N) is 1. The number of rotatable bonds is 7. The van der Waals surface area contributed by atoms with Gasteiger partial charge in [-0.3, -0.25) is 9.59 Å². The Kier molecular flexibility index (Phi) is 5.57. The first-order valence-electron chi connectivity index (χ1n) is 7.64. The molecule has 2 N–H and O–H groups in total. The molecule has 1 aromatic carbocycles. The summed E-state index contributed by atoms with van der Waals surface area (Å²) in [5.41, 5.74) is 2.13. The Bertz CT molecular complexity index is 676. The minimum atomic E-state index is -1.02. The molecule has 0 aliphatic carbocycles. The van der Waals surface area contributed by atoms with Crippen molar-refractivity contribution in [2.45, 2.75) is 39.2 Å². The third-order valence-corrected chi connectivity index (χ3v) is 3.74. The number of carboxylic acid groups (broad SMARTS) is 1. The van der Waals surface area contributed by atoms with Gasteiger partial charge >= 0.3 is 5.97 Å². The van der Waals surface area contributed by atoms with Crippen molar-refractivity contribution in [1.82, 2.24) is 5.32 Å². The second kappa shape index (κ2) is 7.63. The maximum absolute atomic E-state index is 12.5. The third kappa shape index (κ3) is 4.45. The Morgan fingerprint density at radius 1 is 1.26 bits per heavy atom. The maximum atomic E-state index is 12.5. The van der Waals surface area contributed by atoms with E-state index in [4.69, 9.17) is 9.52 Å². The van der Waals surface area contributed by atoms with E-state index in [1.807, 2.05) is 37.3 Å². The summed E-state index contributed by atoms with van der Waals surface area (Å²) in [5, 5.41) is 11.9. The Labute approximate surface area is 135 Å². The van der Waals surface area contributed by atoms with Gasteiger partial charge in [0.2, 0.25) is 0 Å². The smallest absolute Gasteiger partial charge is 0.311 e. The van der Waals surface area contributed by atoms with Crippen LogP contribution in [0.1, 0.15) is 40.6 Å². The third-order valence-electron chi connectivity index (χ3n) is 3.74. The number of carbonyl (C=O) groups excluding carboxylic acids is 1. The van der Waals surface area contributed by atoms with Gasteiger partial charge in [0, 0.05) is 11.6 Å². The molecule has 23 heavy (non-hydrogen) atoms. The van der Waals surface area contributed by atoms with E-state index >= 15 is 0 Å². The molecular formula is C18H21NO4. The number of carbonyl (C=O) groups is 2. The van der Waals surface area contributed by atoms with Gasteiger partial charge in [0.15, 0.2) is 0 Å². The van der Waals surface area contributed by atoms with Gasteiger partial charge in [-0.2, -0.15) is 0 Å². The first kappa shape index (κ1) is 16.8. The van der Waals surface area contributed by atoms with Gasteiger partial charge in [0.05, 0.1) is 11.8 Å². The highest BCUT2D eigenvalue weighted by atomic mass is 16.4. The number of amides is 1. The Morgan fingerprint density at radius 2 is 1.96 bits per heavy atom. The highest BCUT2D eigenvalue weighted by Crippen LogP contribution is 2.18. The van der Waals surface area contributed by atoms with Crippen LogP contribution in [0.15, 0.2) is 41.0 Å². The van der Waals surface area contributed by atoms with Gasteiger partial charge in [0.25, 0.3) is 5.91 Å². The summed E-state index contributed by atoms with van der Waals surface area (Å²) >= 11 is 0. The van der Waals surface area contributed by atoms with Gasteiger partial charge in [-0.05, 0) is 25.3 Å². The van der Waals surface area contributed by atoms with Crippen molar-refractivity contribution in [1.29, 1.82) is 0 Å². The van der Waals surface area contributed by atoms with Crippen LogP contribution in [0.2, 0.25) is 0 Å².